The third-order valence-electron chi connectivity index (χ3n) is 3.45. The fourth-order valence-corrected chi connectivity index (χ4v) is 4.41. The predicted molar refractivity (Wildman–Crippen MR) is 90.6 cm³/mol. The molecule has 0 aliphatic carbocycles. The zero-order valence-corrected chi connectivity index (χ0v) is 14.3. The van der Waals surface area contributed by atoms with E-state index >= 15 is 0 Å². The third-order valence-corrected chi connectivity index (χ3v) is 6.11. The number of hydrogen-bond acceptors (Lipinski definition) is 5. The van der Waals surface area contributed by atoms with Gasteiger partial charge in [0.05, 0.1) is 29.3 Å². The maximum atomic E-state index is 13.0. The van der Waals surface area contributed by atoms with E-state index in [4.69, 9.17) is 9.68 Å². The first kappa shape index (κ1) is 16.5. The van der Waals surface area contributed by atoms with Gasteiger partial charge < -0.3 is 4.42 Å². The summed E-state index contributed by atoms with van der Waals surface area (Å²) in [6, 6.07) is 15.2. The molecule has 0 saturated heterocycles. The van der Waals surface area contributed by atoms with Crippen molar-refractivity contribution in [2.24, 2.45) is 0 Å². The smallest absolute Gasteiger partial charge is 0.243 e. The lowest BCUT2D eigenvalue weighted by molar-refractivity contribution is 0.360. The molecule has 2 aromatic heterocycles. The number of benzene rings is 1. The zero-order valence-electron chi connectivity index (χ0n) is 12.6. The van der Waals surface area contributed by atoms with Crippen molar-refractivity contribution in [2.75, 3.05) is 0 Å². The third kappa shape index (κ3) is 3.57. The predicted octanol–water partition coefficient (Wildman–Crippen LogP) is 3.60. The molecule has 2 heterocycles. The molecule has 7 heteroatoms. The normalized spacial score (nSPS) is 11.5. The zero-order chi connectivity index (χ0) is 17.0. The van der Waals surface area contributed by atoms with Crippen LogP contribution >= 0.6 is 11.3 Å². The van der Waals surface area contributed by atoms with Crippen molar-refractivity contribution in [3.8, 4) is 6.07 Å². The van der Waals surface area contributed by atoms with E-state index < -0.39 is 10.0 Å². The molecule has 0 atom stereocenters. The fraction of sp³-hybridized carbons (Fsp3) is 0.118. The molecule has 0 unspecified atom stereocenters. The van der Waals surface area contributed by atoms with Gasteiger partial charge >= 0.3 is 0 Å². The standard InChI is InChI=1S/C17H14N2O3S2/c18-11-14-5-7-17(8-6-14)24(20,21)19(12-15-3-1-9-22-15)13-16-4-2-10-23-16/h1-10H,12-13H2. The van der Waals surface area contributed by atoms with Crippen LogP contribution in [0, 0.1) is 11.3 Å². The second-order valence-electron chi connectivity index (χ2n) is 5.07. The number of nitrogens with zero attached hydrogens (tertiary/aromatic N) is 2. The van der Waals surface area contributed by atoms with Gasteiger partial charge in [-0.25, -0.2) is 8.42 Å². The Morgan fingerprint density at radius 1 is 1.08 bits per heavy atom. The van der Waals surface area contributed by atoms with E-state index in [0.717, 1.165) is 4.88 Å². The summed E-state index contributed by atoms with van der Waals surface area (Å²) in [6.45, 7) is 0.411. The summed E-state index contributed by atoms with van der Waals surface area (Å²) in [7, 11) is -3.71. The molecule has 0 fully saturated rings. The van der Waals surface area contributed by atoms with Crippen LogP contribution in [-0.4, -0.2) is 12.7 Å². The SMILES string of the molecule is N#Cc1ccc(S(=O)(=O)N(Cc2ccco2)Cc2cccs2)cc1. The molecule has 3 rings (SSSR count). The minimum atomic E-state index is -3.71. The highest BCUT2D eigenvalue weighted by Gasteiger charge is 2.26. The molecule has 122 valence electrons. The lowest BCUT2D eigenvalue weighted by Crippen LogP contribution is -2.29. The highest BCUT2D eigenvalue weighted by Crippen LogP contribution is 2.23. The van der Waals surface area contributed by atoms with Crippen molar-refractivity contribution >= 4 is 21.4 Å². The lowest BCUT2D eigenvalue weighted by atomic mass is 10.2. The first-order valence-electron chi connectivity index (χ1n) is 7.14. The van der Waals surface area contributed by atoms with Crippen LogP contribution in [0.3, 0.4) is 0 Å². The minimum Gasteiger partial charge on any atom is -0.468 e. The summed E-state index contributed by atoms with van der Waals surface area (Å²) < 4.78 is 32.7. The summed E-state index contributed by atoms with van der Waals surface area (Å²) in [5.41, 5.74) is 0.421. The Kier molecular flexibility index (Phi) is 4.81. The van der Waals surface area contributed by atoms with Crippen molar-refractivity contribution in [1.82, 2.24) is 4.31 Å². The number of thiophene rings is 1. The average molecular weight is 358 g/mol. The molecule has 0 bridgehead atoms. The van der Waals surface area contributed by atoms with Gasteiger partial charge in [-0.05, 0) is 47.8 Å². The summed E-state index contributed by atoms with van der Waals surface area (Å²) in [5.74, 6) is 0.573. The average Bonchev–Trinajstić information content (AvgIpc) is 3.28. The number of furan rings is 1. The number of rotatable bonds is 6. The van der Waals surface area contributed by atoms with Gasteiger partial charge in [0, 0.05) is 11.4 Å². The maximum absolute atomic E-state index is 13.0. The van der Waals surface area contributed by atoms with Crippen molar-refractivity contribution in [1.29, 1.82) is 5.26 Å². The van der Waals surface area contributed by atoms with Crippen LogP contribution in [0.4, 0.5) is 0 Å². The molecular weight excluding hydrogens is 344 g/mol. The molecule has 5 nitrogen and oxygen atoms in total. The quantitative estimate of drug-likeness (QED) is 0.675. The molecule has 0 spiro atoms. The Hall–Kier alpha value is -2.40. The topological polar surface area (TPSA) is 74.3 Å². The molecule has 0 radical (unpaired) electrons. The fourth-order valence-electron chi connectivity index (χ4n) is 2.23. The van der Waals surface area contributed by atoms with Crippen LogP contribution in [0.2, 0.25) is 0 Å². The van der Waals surface area contributed by atoms with Gasteiger partial charge in [-0.15, -0.1) is 11.3 Å². The van der Waals surface area contributed by atoms with Gasteiger partial charge in [-0.3, -0.25) is 0 Å². The van der Waals surface area contributed by atoms with Crippen LogP contribution in [0.15, 0.2) is 69.5 Å². The Morgan fingerprint density at radius 3 is 2.46 bits per heavy atom. The molecule has 24 heavy (non-hydrogen) atoms. The van der Waals surface area contributed by atoms with E-state index in [9.17, 15) is 8.42 Å². The van der Waals surface area contributed by atoms with Crippen LogP contribution < -0.4 is 0 Å². The van der Waals surface area contributed by atoms with Crippen molar-refractivity contribution in [3.05, 3.63) is 76.4 Å². The van der Waals surface area contributed by atoms with E-state index in [-0.39, 0.29) is 18.0 Å². The van der Waals surface area contributed by atoms with Gasteiger partial charge in [0.25, 0.3) is 0 Å². The van der Waals surface area contributed by atoms with Gasteiger partial charge in [-0.1, -0.05) is 6.07 Å². The Labute approximate surface area is 144 Å². The summed E-state index contributed by atoms with van der Waals surface area (Å²) in [6.07, 6.45) is 1.52. The molecule has 1 aromatic carbocycles. The monoisotopic (exact) mass is 358 g/mol. The second-order valence-corrected chi connectivity index (χ2v) is 8.04. The molecule has 0 aliphatic heterocycles. The van der Waals surface area contributed by atoms with E-state index in [2.05, 4.69) is 0 Å². The summed E-state index contributed by atoms with van der Waals surface area (Å²) >= 11 is 1.50. The van der Waals surface area contributed by atoms with Gasteiger partial charge in [0.1, 0.15) is 5.76 Å². The van der Waals surface area contributed by atoms with Crippen LogP contribution in [0.5, 0.6) is 0 Å². The first-order valence-corrected chi connectivity index (χ1v) is 9.46. The molecule has 0 aliphatic rings. The molecule has 3 aromatic rings. The summed E-state index contributed by atoms with van der Waals surface area (Å²) in [4.78, 5) is 1.10. The van der Waals surface area contributed by atoms with Gasteiger partial charge in [-0.2, -0.15) is 9.57 Å². The van der Waals surface area contributed by atoms with Gasteiger partial charge in [0.2, 0.25) is 10.0 Å². The molecule has 0 saturated carbocycles. The number of sulfonamides is 1. The maximum Gasteiger partial charge on any atom is 0.243 e. The molecular formula is C17H14N2O3S2. The van der Waals surface area contributed by atoms with E-state index in [0.29, 0.717) is 11.3 Å². The largest absolute Gasteiger partial charge is 0.468 e. The Balaban J connectivity index is 1.94. The first-order chi connectivity index (χ1) is 11.6. The Bertz CT molecular complexity index is 887. The van der Waals surface area contributed by atoms with Crippen molar-refractivity contribution < 1.29 is 12.8 Å². The number of nitriles is 1. The van der Waals surface area contributed by atoms with Gasteiger partial charge in [0.15, 0.2) is 0 Å². The van der Waals surface area contributed by atoms with Crippen LogP contribution in [0.25, 0.3) is 0 Å². The minimum absolute atomic E-state index is 0.146. The van der Waals surface area contributed by atoms with Crippen molar-refractivity contribution in [2.45, 2.75) is 18.0 Å². The highest BCUT2D eigenvalue weighted by molar-refractivity contribution is 7.89. The molecule has 0 N–H and O–H groups in total. The van der Waals surface area contributed by atoms with Crippen molar-refractivity contribution in [3.63, 3.8) is 0 Å². The number of hydrogen-bond donors (Lipinski definition) is 0. The Morgan fingerprint density at radius 2 is 1.88 bits per heavy atom. The van der Waals surface area contributed by atoms with Crippen LogP contribution in [-0.2, 0) is 23.1 Å². The van der Waals surface area contributed by atoms with E-state index in [1.54, 1.807) is 12.1 Å². The van der Waals surface area contributed by atoms with Crippen LogP contribution in [0.1, 0.15) is 16.2 Å². The molecule has 0 amide bonds. The second kappa shape index (κ2) is 7.01. The van der Waals surface area contributed by atoms with E-state index in [1.807, 2.05) is 23.6 Å². The highest BCUT2D eigenvalue weighted by atomic mass is 32.2. The summed E-state index contributed by atoms with van der Waals surface area (Å²) in [5, 5.41) is 10.8. The lowest BCUT2D eigenvalue weighted by Gasteiger charge is -2.20. The van der Waals surface area contributed by atoms with E-state index in [1.165, 1.54) is 46.2 Å².